The summed E-state index contributed by atoms with van der Waals surface area (Å²) in [5.41, 5.74) is 0.207. The van der Waals surface area contributed by atoms with E-state index in [0.717, 1.165) is 37.7 Å². The van der Waals surface area contributed by atoms with Crippen LogP contribution in [0.4, 0.5) is 4.79 Å². The van der Waals surface area contributed by atoms with Crippen molar-refractivity contribution in [3.05, 3.63) is 48.6 Å². The number of hydrogen-bond donors (Lipinski definition) is 3. The molecule has 5 atom stereocenters. The van der Waals surface area contributed by atoms with Crippen LogP contribution in [0.3, 0.4) is 0 Å². The highest BCUT2D eigenvalue weighted by Gasteiger charge is 2.52. The first-order valence-corrected chi connectivity index (χ1v) is 15.3. The number of ketones is 2. The molecule has 0 bridgehead atoms. The number of Topliss-reactive ketones (excluding diaryl/α,β-unsaturated/α-hetero) is 2. The molecule has 0 radical (unpaired) electrons. The Balaban J connectivity index is 1.87. The molecule has 2 aliphatic carbocycles. The molecule has 2 aliphatic rings. The first-order chi connectivity index (χ1) is 20.0. The molecular formula is C33H47N3O6. The number of carbonyl (C=O) groups excluding carboxylic acids is 5. The van der Waals surface area contributed by atoms with Crippen molar-refractivity contribution in [1.82, 2.24) is 16.0 Å². The smallest absolute Gasteiger partial charge is 0.408 e. The summed E-state index contributed by atoms with van der Waals surface area (Å²) in [6.45, 7) is 10.9. The fourth-order valence-electron chi connectivity index (χ4n) is 6.14. The van der Waals surface area contributed by atoms with Crippen LogP contribution in [0.25, 0.3) is 0 Å². The maximum Gasteiger partial charge on any atom is 0.408 e. The molecule has 1 aromatic rings. The average molecular weight is 582 g/mol. The fraction of sp³-hybridized carbons (Fsp3) is 0.606. The molecule has 3 N–H and O–H groups in total. The van der Waals surface area contributed by atoms with E-state index in [-0.39, 0.29) is 30.6 Å². The summed E-state index contributed by atoms with van der Waals surface area (Å²) in [5, 5.41) is 8.16. The van der Waals surface area contributed by atoms with Gasteiger partial charge in [-0.25, -0.2) is 4.79 Å². The normalized spacial score (nSPS) is 22.0. The third-order valence-corrected chi connectivity index (χ3v) is 8.21. The van der Waals surface area contributed by atoms with Crippen LogP contribution in [-0.4, -0.2) is 53.7 Å². The Morgan fingerprint density at radius 2 is 1.69 bits per heavy atom. The maximum absolute atomic E-state index is 14.2. The van der Waals surface area contributed by atoms with E-state index >= 15 is 0 Å². The predicted molar refractivity (Wildman–Crippen MR) is 161 cm³/mol. The van der Waals surface area contributed by atoms with E-state index in [0.29, 0.717) is 12.8 Å². The molecule has 3 amide bonds. The van der Waals surface area contributed by atoms with Gasteiger partial charge in [0.25, 0.3) is 5.91 Å². The van der Waals surface area contributed by atoms with Crippen molar-refractivity contribution in [2.24, 2.45) is 17.8 Å². The number of rotatable bonds is 13. The molecule has 0 aliphatic heterocycles. The Morgan fingerprint density at radius 1 is 1.02 bits per heavy atom. The summed E-state index contributed by atoms with van der Waals surface area (Å²) in [5.74, 6) is -3.79. The molecule has 3 rings (SSSR count). The largest absolute Gasteiger partial charge is 0.444 e. The minimum absolute atomic E-state index is 0.0405. The number of amides is 3. The topological polar surface area (TPSA) is 131 Å². The van der Waals surface area contributed by atoms with Gasteiger partial charge in [0.05, 0.1) is 18.0 Å². The van der Waals surface area contributed by atoms with Gasteiger partial charge in [0.15, 0.2) is 5.78 Å². The third kappa shape index (κ3) is 8.76. The molecule has 1 aromatic carbocycles. The zero-order chi connectivity index (χ0) is 30.9. The van der Waals surface area contributed by atoms with Gasteiger partial charge in [-0.15, -0.1) is 6.58 Å². The molecule has 42 heavy (non-hydrogen) atoms. The van der Waals surface area contributed by atoms with Gasteiger partial charge in [-0.1, -0.05) is 69.0 Å². The number of nitrogens with one attached hydrogen (secondary N) is 3. The van der Waals surface area contributed by atoms with Crippen LogP contribution >= 0.6 is 0 Å². The lowest BCUT2D eigenvalue weighted by Gasteiger charge is -2.45. The molecule has 9 nitrogen and oxygen atoms in total. The second-order valence-corrected chi connectivity index (χ2v) is 12.5. The van der Waals surface area contributed by atoms with E-state index < -0.39 is 53.2 Å². The molecule has 0 spiro atoms. The number of carbonyl (C=O) groups is 5. The minimum atomic E-state index is -1.01. The molecule has 230 valence electrons. The van der Waals surface area contributed by atoms with Crippen LogP contribution < -0.4 is 16.0 Å². The van der Waals surface area contributed by atoms with E-state index in [1.54, 1.807) is 20.8 Å². The first kappa shape index (κ1) is 33.0. The Morgan fingerprint density at radius 3 is 2.29 bits per heavy atom. The Kier molecular flexibility index (Phi) is 11.9. The Bertz CT molecular complexity index is 1120. The number of ether oxygens (including phenoxy) is 1. The van der Waals surface area contributed by atoms with Gasteiger partial charge < -0.3 is 20.7 Å². The van der Waals surface area contributed by atoms with E-state index in [1.165, 1.54) is 6.08 Å². The SMILES string of the molecule is C=CCNC(=O)C(=O)C(CCC)NC(=O)[C@H]1C(C(=O)C(NC(=O)OC(C)(C)C)C2CCCCC2)C[C@H]1c1ccccc1. The maximum atomic E-state index is 14.2. The lowest BCUT2D eigenvalue weighted by atomic mass is 9.58. The molecule has 2 fully saturated rings. The van der Waals surface area contributed by atoms with Crippen molar-refractivity contribution in [2.45, 2.75) is 103 Å². The number of alkyl carbamates (subject to hydrolysis) is 1. The molecule has 0 saturated heterocycles. The molecule has 3 unspecified atom stereocenters. The van der Waals surface area contributed by atoms with Crippen LogP contribution in [0, 0.1) is 17.8 Å². The van der Waals surface area contributed by atoms with Crippen molar-refractivity contribution >= 4 is 29.5 Å². The molecular weight excluding hydrogens is 534 g/mol. The molecule has 2 saturated carbocycles. The average Bonchev–Trinajstić information content (AvgIpc) is 2.93. The van der Waals surface area contributed by atoms with E-state index in [4.69, 9.17) is 4.74 Å². The molecule has 0 heterocycles. The minimum Gasteiger partial charge on any atom is -0.444 e. The zero-order valence-corrected chi connectivity index (χ0v) is 25.4. The lowest BCUT2D eigenvalue weighted by Crippen LogP contribution is -2.58. The van der Waals surface area contributed by atoms with E-state index in [1.807, 2.05) is 37.3 Å². The molecule has 0 aromatic heterocycles. The highest BCUT2D eigenvalue weighted by Crippen LogP contribution is 2.49. The highest BCUT2D eigenvalue weighted by atomic mass is 16.6. The van der Waals surface area contributed by atoms with Crippen molar-refractivity contribution in [2.75, 3.05) is 6.54 Å². The summed E-state index contributed by atoms with van der Waals surface area (Å²) < 4.78 is 5.50. The van der Waals surface area contributed by atoms with Gasteiger partial charge in [0.2, 0.25) is 11.7 Å². The second kappa shape index (κ2) is 15.1. The van der Waals surface area contributed by atoms with Gasteiger partial charge in [-0.2, -0.15) is 0 Å². The molecule has 9 heteroatoms. The second-order valence-electron chi connectivity index (χ2n) is 12.5. The zero-order valence-electron chi connectivity index (χ0n) is 25.4. The summed E-state index contributed by atoms with van der Waals surface area (Å²) in [7, 11) is 0. The van der Waals surface area contributed by atoms with E-state index in [2.05, 4.69) is 22.5 Å². The van der Waals surface area contributed by atoms with E-state index in [9.17, 15) is 24.0 Å². The van der Waals surface area contributed by atoms with Crippen molar-refractivity contribution in [3.63, 3.8) is 0 Å². The van der Waals surface area contributed by atoms with Gasteiger partial charge in [0.1, 0.15) is 5.60 Å². The van der Waals surface area contributed by atoms with Gasteiger partial charge >= 0.3 is 6.09 Å². The quantitative estimate of drug-likeness (QED) is 0.230. The summed E-state index contributed by atoms with van der Waals surface area (Å²) in [6.07, 6.45) is 6.79. The Hall–Kier alpha value is -3.49. The summed E-state index contributed by atoms with van der Waals surface area (Å²) in [6, 6.07) is 7.76. The van der Waals surface area contributed by atoms with Gasteiger partial charge in [0, 0.05) is 12.5 Å². The van der Waals surface area contributed by atoms with Crippen LogP contribution in [0.15, 0.2) is 43.0 Å². The van der Waals surface area contributed by atoms with Crippen LogP contribution in [0.5, 0.6) is 0 Å². The third-order valence-electron chi connectivity index (χ3n) is 8.21. The highest BCUT2D eigenvalue weighted by molar-refractivity contribution is 6.38. The number of benzene rings is 1. The summed E-state index contributed by atoms with van der Waals surface area (Å²) in [4.78, 5) is 66.3. The Labute approximate surface area is 249 Å². The van der Waals surface area contributed by atoms with Crippen LogP contribution in [0.2, 0.25) is 0 Å². The van der Waals surface area contributed by atoms with Crippen molar-refractivity contribution < 1.29 is 28.7 Å². The monoisotopic (exact) mass is 581 g/mol. The van der Waals surface area contributed by atoms with Gasteiger partial charge in [-0.05, 0) is 63.9 Å². The number of hydrogen-bond acceptors (Lipinski definition) is 6. The summed E-state index contributed by atoms with van der Waals surface area (Å²) >= 11 is 0. The van der Waals surface area contributed by atoms with Crippen molar-refractivity contribution in [1.29, 1.82) is 0 Å². The fourth-order valence-corrected chi connectivity index (χ4v) is 6.14. The van der Waals surface area contributed by atoms with Crippen LogP contribution in [-0.2, 0) is 23.9 Å². The van der Waals surface area contributed by atoms with Crippen LogP contribution in [0.1, 0.15) is 90.5 Å². The lowest BCUT2D eigenvalue weighted by molar-refractivity contribution is -0.145. The van der Waals surface area contributed by atoms with Gasteiger partial charge in [-0.3, -0.25) is 19.2 Å². The van der Waals surface area contributed by atoms with Crippen molar-refractivity contribution in [3.8, 4) is 0 Å². The first-order valence-electron chi connectivity index (χ1n) is 15.3. The standard InChI is InChI=1S/C33H47N3O6/c1-6-14-25(29(38)31(40)34-19-7-2)35-30(39)26-23(21-15-10-8-11-16-21)20-24(26)28(37)27(22-17-12-9-13-18-22)36-32(41)42-33(3,4)5/h7-8,10-11,15-16,22-27H,2,6,9,12-14,17-20H2,1,3-5H3,(H,34,40)(H,35,39)(H,36,41)/t23-,24?,25?,26+,27?/m0/s1. The predicted octanol–water partition coefficient (Wildman–Crippen LogP) is 4.61.